The molecule has 1 aromatic rings. The third-order valence-electron chi connectivity index (χ3n) is 3.41. The molecular formula is C13H14F2N2O3. The fourth-order valence-corrected chi connectivity index (χ4v) is 2.03. The van der Waals surface area contributed by atoms with Crippen LogP contribution < -0.4 is 10.6 Å². The first kappa shape index (κ1) is 14.4. The van der Waals surface area contributed by atoms with E-state index in [-0.39, 0.29) is 12.2 Å². The molecule has 20 heavy (non-hydrogen) atoms. The van der Waals surface area contributed by atoms with Gasteiger partial charge in [0, 0.05) is 11.8 Å². The number of nitrogens with one attached hydrogen (secondary N) is 2. The van der Waals surface area contributed by atoms with Crippen molar-refractivity contribution in [2.75, 3.05) is 11.9 Å². The predicted octanol–water partition coefficient (Wildman–Crippen LogP) is 1.50. The van der Waals surface area contributed by atoms with Gasteiger partial charge in [0.2, 0.25) is 5.91 Å². The second-order valence-corrected chi connectivity index (χ2v) is 4.77. The summed E-state index contributed by atoms with van der Waals surface area (Å²) in [6, 6.07) is 3.00. The van der Waals surface area contributed by atoms with Crippen molar-refractivity contribution < 1.29 is 23.5 Å². The summed E-state index contributed by atoms with van der Waals surface area (Å²) < 4.78 is 25.7. The van der Waals surface area contributed by atoms with Crippen LogP contribution in [0.4, 0.5) is 14.5 Å². The Morgan fingerprint density at radius 3 is 2.45 bits per heavy atom. The van der Waals surface area contributed by atoms with Gasteiger partial charge in [-0.05, 0) is 31.4 Å². The summed E-state index contributed by atoms with van der Waals surface area (Å²) in [5, 5.41) is 14.1. The van der Waals surface area contributed by atoms with E-state index in [0.717, 1.165) is 18.6 Å². The summed E-state index contributed by atoms with van der Waals surface area (Å²) >= 11 is 0. The van der Waals surface area contributed by atoms with E-state index < -0.39 is 29.0 Å². The third-order valence-corrected chi connectivity index (χ3v) is 3.41. The van der Waals surface area contributed by atoms with Gasteiger partial charge in [0.1, 0.15) is 5.54 Å². The largest absolute Gasteiger partial charge is 0.480 e. The molecule has 0 spiro atoms. The second-order valence-electron chi connectivity index (χ2n) is 4.77. The zero-order chi connectivity index (χ0) is 14.8. The van der Waals surface area contributed by atoms with Gasteiger partial charge >= 0.3 is 5.97 Å². The standard InChI is InChI=1S/C13H14F2N2O3/c14-9-3-2-8(6-10(9)15)17-11(18)7-16-13(12(19)20)4-1-5-13/h2-3,6,16H,1,4-5,7H2,(H,17,18)(H,19,20). The van der Waals surface area contributed by atoms with E-state index in [1.807, 2.05) is 0 Å². The number of anilines is 1. The van der Waals surface area contributed by atoms with Gasteiger partial charge in [-0.1, -0.05) is 0 Å². The van der Waals surface area contributed by atoms with E-state index in [0.29, 0.717) is 12.8 Å². The number of carbonyl (C=O) groups excluding carboxylic acids is 1. The molecule has 1 aliphatic rings. The molecule has 1 amide bonds. The molecule has 0 aliphatic heterocycles. The van der Waals surface area contributed by atoms with E-state index in [2.05, 4.69) is 10.6 Å². The Balaban J connectivity index is 1.89. The molecule has 2 rings (SSSR count). The van der Waals surface area contributed by atoms with Crippen LogP contribution in [0.5, 0.6) is 0 Å². The van der Waals surface area contributed by atoms with E-state index in [1.165, 1.54) is 6.07 Å². The van der Waals surface area contributed by atoms with Gasteiger partial charge in [-0.25, -0.2) is 8.78 Å². The fourth-order valence-electron chi connectivity index (χ4n) is 2.03. The molecule has 0 atom stereocenters. The third kappa shape index (κ3) is 2.93. The number of carbonyl (C=O) groups is 2. The zero-order valence-electron chi connectivity index (χ0n) is 10.6. The molecule has 1 saturated carbocycles. The highest BCUT2D eigenvalue weighted by Gasteiger charge is 2.44. The molecule has 3 N–H and O–H groups in total. The minimum atomic E-state index is -1.06. The summed E-state index contributed by atoms with van der Waals surface area (Å²) in [6.07, 6.45) is 1.74. The number of benzene rings is 1. The molecular weight excluding hydrogens is 270 g/mol. The van der Waals surface area contributed by atoms with Crippen molar-refractivity contribution in [2.24, 2.45) is 0 Å². The molecule has 1 fully saturated rings. The van der Waals surface area contributed by atoms with E-state index >= 15 is 0 Å². The van der Waals surface area contributed by atoms with E-state index in [1.54, 1.807) is 0 Å². The zero-order valence-corrected chi connectivity index (χ0v) is 10.6. The first-order chi connectivity index (χ1) is 9.43. The summed E-state index contributed by atoms with van der Waals surface area (Å²) in [7, 11) is 0. The van der Waals surface area contributed by atoms with Gasteiger partial charge in [0.05, 0.1) is 6.54 Å². The van der Waals surface area contributed by atoms with Crippen molar-refractivity contribution in [1.82, 2.24) is 5.32 Å². The Bertz CT molecular complexity index is 544. The number of carboxylic acids is 1. The Hall–Kier alpha value is -2.02. The number of aliphatic carboxylic acids is 1. The molecule has 0 aromatic heterocycles. The Morgan fingerprint density at radius 1 is 1.25 bits per heavy atom. The van der Waals surface area contributed by atoms with Crippen LogP contribution in [0, 0.1) is 11.6 Å². The Morgan fingerprint density at radius 2 is 1.95 bits per heavy atom. The van der Waals surface area contributed by atoms with Gasteiger partial charge in [0.15, 0.2) is 11.6 Å². The van der Waals surface area contributed by atoms with Crippen molar-refractivity contribution in [2.45, 2.75) is 24.8 Å². The van der Waals surface area contributed by atoms with Crippen LogP contribution in [0.2, 0.25) is 0 Å². The Kier molecular flexibility index (Phi) is 3.99. The van der Waals surface area contributed by atoms with Gasteiger partial charge < -0.3 is 10.4 Å². The highest BCUT2D eigenvalue weighted by Crippen LogP contribution is 2.31. The number of rotatable bonds is 5. The average molecular weight is 284 g/mol. The normalized spacial score (nSPS) is 16.3. The van der Waals surface area contributed by atoms with E-state index in [9.17, 15) is 18.4 Å². The molecule has 1 aliphatic carbocycles. The topological polar surface area (TPSA) is 78.4 Å². The number of hydrogen-bond acceptors (Lipinski definition) is 3. The highest BCUT2D eigenvalue weighted by atomic mass is 19.2. The summed E-state index contributed by atoms with van der Waals surface area (Å²) in [6.45, 7) is -0.203. The molecule has 0 bridgehead atoms. The molecule has 108 valence electrons. The summed E-state index contributed by atoms with van der Waals surface area (Å²) in [5.74, 6) is -3.55. The Labute approximate surface area is 114 Å². The van der Waals surface area contributed by atoms with Crippen LogP contribution in [0.25, 0.3) is 0 Å². The minimum Gasteiger partial charge on any atom is -0.480 e. The number of amides is 1. The molecule has 5 nitrogen and oxygen atoms in total. The van der Waals surface area contributed by atoms with Gasteiger partial charge in [-0.15, -0.1) is 0 Å². The second kappa shape index (κ2) is 5.54. The van der Waals surface area contributed by atoms with Crippen molar-refractivity contribution in [3.8, 4) is 0 Å². The molecule has 0 heterocycles. The van der Waals surface area contributed by atoms with Crippen LogP contribution in [-0.4, -0.2) is 29.1 Å². The van der Waals surface area contributed by atoms with Gasteiger partial charge in [-0.3, -0.25) is 14.9 Å². The number of halogens is 2. The number of carboxylic acid groups (broad SMARTS) is 1. The van der Waals surface area contributed by atoms with Crippen molar-refractivity contribution >= 4 is 17.6 Å². The van der Waals surface area contributed by atoms with Gasteiger partial charge in [-0.2, -0.15) is 0 Å². The lowest BCUT2D eigenvalue weighted by molar-refractivity contribution is -0.148. The minimum absolute atomic E-state index is 0.119. The van der Waals surface area contributed by atoms with E-state index in [4.69, 9.17) is 5.11 Å². The van der Waals surface area contributed by atoms with Crippen LogP contribution in [0.3, 0.4) is 0 Å². The van der Waals surface area contributed by atoms with Crippen LogP contribution in [-0.2, 0) is 9.59 Å². The highest BCUT2D eigenvalue weighted by molar-refractivity contribution is 5.93. The van der Waals surface area contributed by atoms with Crippen LogP contribution in [0.15, 0.2) is 18.2 Å². The first-order valence-corrected chi connectivity index (χ1v) is 6.16. The maximum atomic E-state index is 13.0. The summed E-state index contributed by atoms with van der Waals surface area (Å²) in [5.41, 5.74) is -0.917. The number of hydrogen-bond donors (Lipinski definition) is 3. The molecule has 0 unspecified atom stereocenters. The van der Waals surface area contributed by atoms with Crippen molar-refractivity contribution in [3.05, 3.63) is 29.8 Å². The molecule has 7 heteroatoms. The molecule has 1 aromatic carbocycles. The predicted molar refractivity (Wildman–Crippen MR) is 67.2 cm³/mol. The maximum Gasteiger partial charge on any atom is 0.323 e. The molecule has 0 radical (unpaired) electrons. The van der Waals surface area contributed by atoms with Gasteiger partial charge in [0.25, 0.3) is 0 Å². The smallest absolute Gasteiger partial charge is 0.323 e. The summed E-state index contributed by atoms with van der Waals surface area (Å²) in [4.78, 5) is 22.7. The SMILES string of the molecule is O=C(CNC1(C(=O)O)CCC1)Nc1ccc(F)c(F)c1. The lowest BCUT2D eigenvalue weighted by atomic mass is 9.77. The quantitative estimate of drug-likeness (QED) is 0.765. The fraction of sp³-hybridized carbons (Fsp3) is 0.385. The lowest BCUT2D eigenvalue weighted by Gasteiger charge is -2.38. The van der Waals surface area contributed by atoms with Crippen LogP contribution in [0.1, 0.15) is 19.3 Å². The van der Waals surface area contributed by atoms with Crippen LogP contribution >= 0.6 is 0 Å². The maximum absolute atomic E-state index is 13.0. The first-order valence-electron chi connectivity index (χ1n) is 6.16. The van der Waals surface area contributed by atoms with Crippen molar-refractivity contribution in [1.29, 1.82) is 0 Å². The monoisotopic (exact) mass is 284 g/mol. The molecule has 0 saturated heterocycles. The lowest BCUT2D eigenvalue weighted by Crippen LogP contribution is -2.58. The van der Waals surface area contributed by atoms with Crippen molar-refractivity contribution in [3.63, 3.8) is 0 Å². The average Bonchev–Trinajstić information content (AvgIpc) is 2.32.